The number of nitro benzene ring substituents is 1. The molecule has 3 aromatic rings. The van der Waals surface area contributed by atoms with Gasteiger partial charge in [-0.15, -0.1) is 0 Å². The molecule has 2 aromatic carbocycles. The standard InChI is InChI=1S/C25H26N2O8/c1-13-8-9-17-15(10-13)26-19(21(28)33-17)14-11-16(27(31)32)20(35-23(30)25(5,6)7)18(12-14)34-22(29)24(2,3)4/h8-12H,1-7H3. The zero-order valence-corrected chi connectivity index (χ0v) is 20.5. The molecule has 10 heteroatoms. The molecule has 0 aliphatic rings. The summed E-state index contributed by atoms with van der Waals surface area (Å²) in [6.45, 7) is 11.3. The van der Waals surface area contributed by atoms with Gasteiger partial charge in [0.2, 0.25) is 0 Å². The molecular weight excluding hydrogens is 456 g/mol. The molecule has 0 saturated carbocycles. The Balaban J connectivity index is 2.29. The van der Waals surface area contributed by atoms with E-state index in [1.807, 2.05) is 6.92 Å². The van der Waals surface area contributed by atoms with Crippen LogP contribution in [0.1, 0.15) is 47.1 Å². The van der Waals surface area contributed by atoms with Crippen LogP contribution in [-0.2, 0) is 9.59 Å². The van der Waals surface area contributed by atoms with Gasteiger partial charge in [-0.2, -0.15) is 0 Å². The average molecular weight is 482 g/mol. The summed E-state index contributed by atoms with van der Waals surface area (Å²) in [5.74, 6) is -2.44. The minimum absolute atomic E-state index is 0.0406. The van der Waals surface area contributed by atoms with Gasteiger partial charge in [-0.1, -0.05) is 6.07 Å². The van der Waals surface area contributed by atoms with Gasteiger partial charge >= 0.3 is 23.3 Å². The highest BCUT2D eigenvalue weighted by Crippen LogP contribution is 2.42. The van der Waals surface area contributed by atoms with Crippen molar-refractivity contribution in [2.24, 2.45) is 10.8 Å². The highest BCUT2D eigenvalue weighted by molar-refractivity contribution is 5.85. The quantitative estimate of drug-likeness (QED) is 0.218. The molecule has 0 amide bonds. The monoisotopic (exact) mass is 482 g/mol. The van der Waals surface area contributed by atoms with Crippen LogP contribution in [0.25, 0.3) is 22.4 Å². The minimum Gasteiger partial charge on any atom is -0.422 e. The maximum atomic E-state index is 12.7. The molecule has 1 aromatic heterocycles. The van der Waals surface area contributed by atoms with E-state index in [1.165, 1.54) is 6.07 Å². The zero-order valence-electron chi connectivity index (χ0n) is 20.5. The lowest BCUT2D eigenvalue weighted by molar-refractivity contribution is -0.385. The van der Waals surface area contributed by atoms with Gasteiger partial charge in [0, 0.05) is 11.6 Å². The largest absolute Gasteiger partial charge is 0.422 e. The number of ether oxygens (including phenoxy) is 2. The summed E-state index contributed by atoms with van der Waals surface area (Å²) >= 11 is 0. The van der Waals surface area contributed by atoms with Gasteiger partial charge in [0.05, 0.1) is 15.8 Å². The first kappa shape index (κ1) is 25.5. The van der Waals surface area contributed by atoms with Gasteiger partial charge in [-0.3, -0.25) is 19.7 Å². The summed E-state index contributed by atoms with van der Waals surface area (Å²) in [7, 11) is 0. The Morgan fingerprint density at radius 1 is 0.971 bits per heavy atom. The minimum atomic E-state index is -1.00. The molecule has 0 N–H and O–H groups in total. The summed E-state index contributed by atoms with van der Waals surface area (Å²) in [6.07, 6.45) is 0. The summed E-state index contributed by atoms with van der Waals surface area (Å²) < 4.78 is 16.1. The van der Waals surface area contributed by atoms with Crippen LogP contribution in [0.3, 0.4) is 0 Å². The molecule has 0 spiro atoms. The molecule has 0 fully saturated rings. The van der Waals surface area contributed by atoms with Crippen LogP contribution in [0, 0.1) is 27.9 Å². The number of aryl methyl sites for hydroxylation is 1. The van der Waals surface area contributed by atoms with E-state index in [9.17, 15) is 24.5 Å². The fraction of sp³-hybridized carbons (Fsp3) is 0.360. The first-order chi connectivity index (χ1) is 16.1. The van der Waals surface area contributed by atoms with Crippen molar-refractivity contribution in [3.05, 3.63) is 56.4 Å². The first-order valence-electron chi connectivity index (χ1n) is 10.8. The highest BCUT2D eigenvalue weighted by atomic mass is 16.6. The number of fused-ring (bicyclic) bond motifs is 1. The Hall–Kier alpha value is -4.08. The van der Waals surface area contributed by atoms with Crippen molar-refractivity contribution in [3.8, 4) is 22.8 Å². The SMILES string of the molecule is Cc1ccc2oc(=O)c(-c3cc(OC(=O)C(C)(C)C)c(OC(=O)C(C)(C)C)c([N+](=O)[O-])c3)nc2c1. The molecule has 10 nitrogen and oxygen atoms in total. The second-order valence-electron chi connectivity index (χ2n) is 10.2. The van der Waals surface area contributed by atoms with Crippen LogP contribution in [0.2, 0.25) is 0 Å². The molecule has 0 aliphatic heterocycles. The summed E-state index contributed by atoms with van der Waals surface area (Å²) in [5.41, 5.74) is -2.31. The van der Waals surface area contributed by atoms with E-state index >= 15 is 0 Å². The van der Waals surface area contributed by atoms with Crippen LogP contribution in [0.4, 0.5) is 5.69 Å². The Kier molecular flexibility index (Phi) is 6.52. The van der Waals surface area contributed by atoms with E-state index < -0.39 is 50.5 Å². The number of hydrogen-bond donors (Lipinski definition) is 0. The van der Waals surface area contributed by atoms with Gasteiger partial charge in [-0.05, 0) is 72.2 Å². The van der Waals surface area contributed by atoms with Crippen molar-refractivity contribution in [3.63, 3.8) is 0 Å². The Morgan fingerprint density at radius 2 is 1.57 bits per heavy atom. The molecule has 35 heavy (non-hydrogen) atoms. The van der Waals surface area contributed by atoms with Crippen LogP contribution in [-0.4, -0.2) is 21.8 Å². The van der Waals surface area contributed by atoms with Crippen molar-refractivity contribution in [2.45, 2.75) is 48.5 Å². The predicted octanol–water partition coefficient (Wildman–Crippen LogP) is 4.97. The molecule has 184 valence electrons. The zero-order chi connectivity index (χ0) is 26.3. The Labute approximate surface area is 201 Å². The molecule has 0 aliphatic carbocycles. The maximum absolute atomic E-state index is 12.7. The van der Waals surface area contributed by atoms with Crippen molar-refractivity contribution in [2.75, 3.05) is 0 Å². The van der Waals surface area contributed by atoms with Crippen molar-refractivity contribution in [1.29, 1.82) is 0 Å². The molecular formula is C25H26N2O8. The van der Waals surface area contributed by atoms with Crippen LogP contribution in [0.15, 0.2) is 39.5 Å². The fourth-order valence-corrected chi connectivity index (χ4v) is 2.83. The van der Waals surface area contributed by atoms with Crippen molar-refractivity contribution in [1.82, 2.24) is 4.98 Å². The van der Waals surface area contributed by atoms with E-state index in [0.717, 1.165) is 11.6 Å². The van der Waals surface area contributed by atoms with Crippen molar-refractivity contribution < 1.29 is 28.4 Å². The highest BCUT2D eigenvalue weighted by Gasteiger charge is 2.33. The van der Waals surface area contributed by atoms with E-state index in [2.05, 4.69) is 4.98 Å². The maximum Gasteiger partial charge on any atom is 0.363 e. The van der Waals surface area contributed by atoms with Crippen LogP contribution < -0.4 is 15.1 Å². The number of nitrogens with zero attached hydrogens (tertiary/aromatic N) is 2. The normalized spacial score (nSPS) is 11.9. The molecule has 0 unspecified atom stereocenters. The van der Waals surface area contributed by atoms with Crippen LogP contribution >= 0.6 is 0 Å². The summed E-state index contributed by atoms with van der Waals surface area (Å²) in [5, 5.41) is 12.0. The molecule has 0 radical (unpaired) electrons. The number of carbonyl (C=O) groups is 2. The lowest BCUT2D eigenvalue weighted by atomic mass is 9.97. The van der Waals surface area contributed by atoms with E-state index in [1.54, 1.807) is 59.7 Å². The predicted molar refractivity (Wildman–Crippen MR) is 127 cm³/mol. The van der Waals surface area contributed by atoms with Gasteiger partial charge in [0.15, 0.2) is 17.0 Å². The number of rotatable bonds is 4. The van der Waals surface area contributed by atoms with Gasteiger partial charge < -0.3 is 13.9 Å². The number of benzene rings is 2. The van der Waals surface area contributed by atoms with Gasteiger partial charge in [-0.25, -0.2) is 9.78 Å². The Morgan fingerprint density at radius 3 is 2.14 bits per heavy atom. The van der Waals surface area contributed by atoms with Crippen molar-refractivity contribution >= 4 is 28.7 Å². The third-order valence-corrected chi connectivity index (χ3v) is 4.87. The smallest absolute Gasteiger partial charge is 0.363 e. The van der Waals surface area contributed by atoms with Gasteiger partial charge in [0.1, 0.15) is 5.52 Å². The molecule has 1 heterocycles. The second-order valence-corrected chi connectivity index (χ2v) is 10.2. The molecule has 0 saturated heterocycles. The molecule has 0 atom stereocenters. The van der Waals surface area contributed by atoms with E-state index in [-0.39, 0.29) is 16.8 Å². The number of hydrogen-bond acceptors (Lipinski definition) is 9. The fourth-order valence-electron chi connectivity index (χ4n) is 2.83. The first-order valence-corrected chi connectivity index (χ1v) is 10.8. The number of nitro groups is 1. The third kappa shape index (κ3) is 5.53. The molecule has 0 bridgehead atoms. The third-order valence-electron chi connectivity index (χ3n) is 4.87. The summed E-state index contributed by atoms with van der Waals surface area (Å²) in [6, 6.07) is 7.26. The lowest BCUT2D eigenvalue weighted by Gasteiger charge is -2.20. The topological polar surface area (TPSA) is 139 Å². The van der Waals surface area contributed by atoms with E-state index in [4.69, 9.17) is 13.9 Å². The van der Waals surface area contributed by atoms with E-state index in [0.29, 0.717) is 5.52 Å². The number of aromatic nitrogens is 1. The number of esters is 2. The number of carbonyl (C=O) groups excluding carboxylic acids is 2. The van der Waals surface area contributed by atoms with Crippen LogP contribution in [0.5, 0.6) is 11.5 Å². The lowest BCUT2D eigenvalue weighted by Crippen LogP contribution is -2.28. The molecule has 3 rings (SSSR count). The Bertz CT molecular complexity index is 1410. The second kappa shape index (κ2) is 8.94. The average Bonchev–Trinajstić information content (AvgIpc) is 2.72. The summed E-state index contributed by atoms with van der Waals surface area (Å²) in [4.78, 5) is 53.4. The van der Waals surface area contributed by atoms with Gasteiger partial charge in [0.25, 0.3) is 5.75 Å².